The lowest BCUT2D eigenvalue weighted by Crippen LogP contribution is -1.87. The van der Waals surface area contributed by atoms with E-state index in [1.807, 2.05) is 0 Å². The molecule has 0 saturated carbocycles. The summed E-state index contributed by atoms with van der Waals surface area (Å²) in [6.07, 6.45) is 0. The summed E-state index contributed by atoms with van der Waals surface area (Å²) in [6.45, 7) is 1.71. The van der Waals surface area contributed by atoms with Crippen molar-refractivity contribution in [3.63, 3.8) is 0 Å². The van der Waals surface area contributed by atoms with Gasteiger partial charge in [0.1, 0.15) is 4.21 Å². The van der Waals surface area contributed by atoms with Crippen molar-refractivity contribution in [1.29, 1.82) is 0 Å². The molecule has 1 heterocycles. The maximum absolute atomic E-state index is 10.7. The Labute approximate surface area is 67.9 Å². The summed E-state index contributed by atoms with van der Waals surface area (Å²) in [5.74, 6) is 0. The van der Waals surface area contributed by atoms with Crippen LogP contribution in [0.15, 0.2) is 15.7 Å². The number of aryl methyl sites for hydroxylation is 1. The van der Waals surface area contributed by atoms with Crippen LogP contribution in [0.25, 0.3) is 0 Å². The van der Waals surface area contributed by atoms with Gasteiger partial charge in [-0.2, -0.15) is 0 Å². The van der Waals surface area contributed by atoms with E-state index in [2.05, 4.69) is 0 Å². The molecule has 1 rings (SSSR count). The zero-order valence-electron chi connectivity index (χ0n) is 5.17. The van der Waals surface area contributed by atoms with Crippen LogP contribution in [-0.2, 0) is 9.05 Å². The van der Waals surface area contributed by atoms with E-state index in [4.69, 9.17) is 10.7 Å². The van der Waals surface area contributed by atoms with Gasteiger partial charge in [-0.1, -0.05) is 0 Å². The van der Waals surface area contributed by atoms with E-state index in [9.17, 15) is 8.42 Å². The Morgan fingerprint density at radius 1 is 1.60 bits per heavy atom. The molecule has 2 nitrogen and oxygen atoms in total. The molecule has 0 bridgehead atoms. The Morgan fingerprint density at radius 3 is 2.40 bits per heavy atom. The van der Waals surface area contributed by atoms with Crippen molar-refractivity contribution >= 4 is 31.1 Å². The summed E-state index contributed by atoms with van der Waals surface area (Å²) < 4.78 is 21.6. The molecule has 0 unspecified atom stereocenters. The molecule has 0 spiro atoms. The minimum atomic E-state index is -3.50. The zero-order chi connectivity index (χ0) is 7.78. The molecule has 0 aromatic carbocycles. The van der Waals surface area contributed by atoms with Crippen molar-refractivity contribution < 1.29 is 8.42 Å². The fraction of sp³-hybridized carbons (Fsp3) is 0.200. The van der Waals surface area contributed by atoms with Crippen LogP contribution in [0.4, 0.5) is 0 Å². The summed E-state index contributed by atoms with van der Waals surface area (Å²) in [4.78, 5) is 0. The summed E-state index contributed by atoms with van der Waals surface area (Å²) in [6, 6.07) is 1.72. The predicted molar refractivity (Wildman–Crippen MR) is 42.1 cm³/mol. The number of thiophene rings is 1. The van der Waals surface area contributed by atoms with Gasteiger partial charge < -0.3 is 0 Å². The molecule has 0 atom stereocenters. The first-order chi connectivity index (χ1) is 4.52. The third-order valence-corrected chi connectivity index (χ3v) is 4.29. The highest BCUT2D eigenvalue weighted by atomic mass is 35.7. The Hall–Kier alpha value is -0.0600. The molecular formula is C5H5ClO2S2. The highest BCUT2D eigenvalue weighted by molar-refractivity contribution is 8.15. The molecular weight excluding hydrogens is 192 g/mol. The van der Waals surface area contributed by atoms with Crippen molar-refractivity contribution in [3.8, 4) is 0 Å². The van der Waals surface area contributed by atoms with Crippen LogP contribution in [-0.4, -0.2) is 8.42 Å². The lowest BCUT2D eigenvalue weighted by atomic mass is 10.4. The van der Waals surface area contributed by atoms with Gasteiger partial charge in [-0.25, -0.2) is 8.42 Å². The Kier molecular flexibility index (Phi) is 2.03. The summed E-state index contributed by atoms with van der Waals surface area (Å²) >= 11 is 1.14. The van der Waals surface area contributed by atoms with Crippen molar-refractivity contribution in [2.45, 2.75) is 11.1 Å². The SMILES string of the molecule is Cc1ccsc1S(=O)(=O)Cl. The largest absolute Gasteiger partial charge is 0.270 e. The monoisotopic (exact) mass is 196 g/mol. The number of rotatable bonds is 1. The van der Waals surface area contributed by atoms with Crippen LogP contribution in [0.2, 0.25) is 0 Å². The average Bonchev–Trinajstić information content (AvgIpc) is 2.11. The Morgan fingerprint density at radius 2 is 2.20 bits per heavy atom. The fourth-order valence-corrected chi connectivity index (χ4v) is 3.03. The molecule has 56 valence electrons. The molecule has 0 fully saturated rings. The zero-order valence-corrected chi connectivity index (χ0v) is 7.55. The van der Waals surface area contributed by atoms with E-state index >= 15 is 0 Å². The second-order valence-electron chi connectivity index (χ2n) is 1.83. The normalized spacial score (nSPS) is 11.8. The Balaban J connectivity index is 3.32. The van der Waals surface area contributed by atoms with Crippen LogP contribution in [0, 0.1) is 6.92 Å². The smallest absolute Gasteiger partial charge is 0.206 e. The van der Waals surface area contributed by atoms with Crippen LogP contribution >= 0.6 is 22.0 Å². The number of hydrogen-bond donors (Lipinski definition) is 0. The van der Waals surface area contributed by atoms with Crippen LogP contribution < -0.4 is 0 Å². The fourth-order valence-electron chi connectivity index (χ4n) is 0.609. The van der Waals surface area contributed by atoms with E-state index < -0.39 is 9.05 Å². The minimum Gasteiger partial charge on any atom is -0.206 e. The van der Waals surface area contributed by atoms with E-state index in [0.29, 0.717) is 5.56 Å². The van der Waals surface area contributed by atoms with Gasteiger partial charge >= 0.3 is 0 Å². The molecule has 0 aliphatic heterocycles. The summed E-state index contributed by atoms with van der Waals surface area (Å²) in [5.41, 5.74) is 0.708. The van der Waals surface area contributed by atoms with Crippen LogP contribution in [0.3, 0.4) is 0 Å². The standard InChI is InChI=1S/C5H5ClO2S2/c1-4-2-3-9-5(4)10(6,7)8/h2-3H,1H3. The molecule has 0 saturated heterocycles. The lowest BCUT2D eigenvalue weighted by molar-refractivity contribution is 0.611. The van der Waals surface area contributed by atoms with Gasteiger partial charge in [0.05, 0.1) is 0 Å². The van der Waals surface area contributed by atoms with E-state index in [-0.39, 0.29) is 4.21 Å². The second kappa shape index (κ2) is 2.53. The minimum absolute atomic E-state index is 0.245. The molecule has 0 aliphatic carbocycles. The van der Waals surface area contributed by atoms with Gasteiger partial charge in [0, 0.05) is 10.7 Å². The van der Waals surface area contributed by atoms with Crippen LogP contribution in [0.1, 0.15) is 5.56 Å². The van der Waals surface area contributed by atoms with Crippen LogP contribution in [0.5, 0.6) is 0 Å². The molecule has 0 amide bonds. The molecule has 10 heavy (non-hydrogen) atoms. The highest BCUT2D eigenvalue weighted by Crippen LogP contribution is 2.24. The third kappa shape index (κ3) is 1.51. The van der Waals surface area contributed by atoms with E-state index in [0.717, 1.165) is 11.3 Å². The second-order valence-corrected chi connectivity index (χ2v) is 5.51. The third-order valence-electron chi connectivity index (χ3n) is 1.04. The van der Waals surface area contributed by atoms with Gasteiger partial charge in [-0.15, -0.1) is 11.3 Å². The first-order valence-electron chi connectivity index (χ1n) is 2.50. The average molecular weight is 197 g/mol. The number of hydrogen-bond acceptors (Lipinski definition) is 3. The lowest BCUT2D eigenvalue weighted by Gasteiger charge is -1.89. The number of halogens is 1. The topological polar surface area (TPSA) is 34.1 Å². The van der Waals surface area contributed by atoms with Crippen molar-refractivity contribution in [1.82, 2.24) is 0 Å². The van der Waals surface area contributed by atoms with Gasteiger partial charge in [0.2, 0.25) is 0 Å². The van der Waals surface area contributed by atoms with Gasteiger partial charge in [0.25, 0.3) is 9.05 Å². The quantitative estimate of drug-likeness (QED) is 0.644. The molecule has 0 radical (unpaired) electrons. The molecule has 1 aromatic rings. The van der Waals surface area contributed by atoms with Crippen molar-refractivity contribution in [3.05, 3.63) is 17.0 Å². The maximum Gasteiger partial charge on any atom is 0.270 e. The molecule has 0 aliphatic rings. The van der Waals surface area contributed by atoms with E-state index in [1.54, 1.807) is 18.4 Å². The predicted octanol–water partition coefficient (Wildman–Crippen LogP) is 1.98. The van der Waals surface area contributed by atoms with Crippen molar-refractivity contribution in [2.24, 2.45) is 0 Å². The first-order valence-corrected chi connectivity index (χ1v) is 5.69. The molecule has 5 heteroatoms. The van der Waals surface area contributed by atoms with Gasteiger partial charge in [-0.05, 0) is 23.9 Å². The van der Waals surface area contributed by atoms with Crippen molar-refractivity contribution in [2.75, 3.05) is 0 Å². The van der Waals surface area contributed by atoms with Gasteiger partial charge in [0.15, 0.2) is 0 Å². The maximum atomic E-state index is 10.7. The Bertz CT molecular complexity index is 325. The highest BCUT2D eigenvalue weighted by Gasteiger charge is 2.13. The molecule has 0 N–H and O–H groups in total. The first kappa shape index (κ1) is 8.04. The van der Waals surface area contributed by atoms with E-state index in [1.165, 1.54) is 0 Å². The molecule has 1 aromatic heterocycles. The summed E-state index contributed by atoms with van der Waals surface area (Å²) in [7, 11) is 1.59. The van der Waals surface area contributed by atoms with Gasteiger partial charge in [-0.3, -0.25) is 0 Å². The summed E-state index contributed by atoms with van der Waals surface area (Å²) in [5, 5.41) is 1.70.